The van der Waals surface area contributed by atoms with Gasteiger partial charge in [0.2, 0.25) is 0 Å². The predicted molar refractivity (Wildman–Crippen MR) is 66.8 cm³/mol. The SMILES string of the molecule is C/C(N)=C/C(=C\S)Oc1cccc(C)c1. The van der Waals surface area contributed by atoms with Gasteiger partial charge in [-0.2, -0.15) is 0 Å². The van der Waals surface area contributed by atoms with Crippen LogP contribution in [-0.2, 0) is 0 Å². The van der Waals surface area contributed by atoms with Gasteiger partial charge in [-0.15, -0.1) is 12.6 Å². The summed E-state index contributed by atoms with van der Waals surface area (Å²) in [6.45, 7) is 3.82. The van der Waals surface area contributed by atoms with Gasteiger partial charge < -0.3 is 10.5 Å². The Hall–Kier alpha value is -1.35. The molecular formula is C12H15NOS. The summed E-state index contributed by atoms with van der Waals surface area (Å²) in [7, 11) is 0. The second-order valence-corrected chi connectivity index (χ2v) is 3.60. The van der Waals surface area contributed by atoms with Crippen molar-refractivity contribution in [3.63, 3.8) is 0 Å². The van der Waals surface area contributed by atoms with E-state index in [2.05, 4.69) is 12.6 Å². The van der Waals surface area contributed by atoms with Gasteiger partial charge in [-0.1, -0.05) is 12.1 Å². The summed E-state index contributed by atoms with van der Waals surface area (Å²) in [5, 5.41) is 1.58. The van der Waals surface area contributed by atoms with Crippen LogP contribution in [0, 0.1) is 6.92 Å². The molecule has 0 aliphatic rings. The lowest BCUT2D eigenvalue weighted by atomic mass is 10.2. The molecule has 0 saturated carbocycles. The smallest absolute Gasteiger partial charge is 0.135 e. The van der Waals surface area contributed by atoms with Crippen LogP contribution in [0.15, 0.2) is 47.2 Å². The zero-order chi connectivity index (χ0) is 11.3. The van der Waals surface area contributed by atoms with Crippen molar-refractivity contribution in [1.82, 2.24) is 0 Å². The molecule has 15 heavy (non-hydrogen) atoms. The summed E-state index contributed by atoms with van der Waals surface area (Å²) in [5.74, 6) is 1.41. The maximum Gasteiger partial charge on any atom is 0.135 e. The lowest BCUT2D eigenvalue weighted by Crippen LogP contribution is -1.97. The minimum Gasteiger partial charge on any atom is -0.457 e. The average Bonchev–Trinajstić information content (AvgIpc) is 2.16. The fourth-order valence-electron chi connectivity index (χ4n) is 1.13. The molecule has 0 amide bonds. The van der Waals surface area contributed by atoms with Gasteiger partial charge in [0.1, 0.15) is 11.5 Å². The summed E-state index contributed by atoms with van der Waals surface area (Å²) in [6, 6.07) is 7.81. The molecule has 2 N–H and O–H groups in total. The van der Waals surface area contributed by atoms with Crippen molar-refractivity contribution >= 4 is 12.6 Å². The number of ether oxygens (including phenoxy) is 1. The van der Waals surface area contributed by atoms with E-state index in [0.29, 0.717) is 11.5 Å². The number of hydrogen-bond donors (Lipinski definition) is 2. The number of nitrogens with two attached hydrogens (primary N) is 1. The molecule has 0 aliphatic heterocycles. The number of aryl methyl sites for hydroxylation is 1. The third-order valence-corrected chi connectivity index (χ3v) is 1.98. The molecule has 2 nitrogen and oxygen atoms in total. The van der Waals surface area contributed by atoms with Crippen molar-refractivity contribution in [3.05, 3.63) is 52.8 Å². The Kier molecular flexibility index (Phi) is 4.31. The first-order valence-electron chi connectivity index (χ1n) is 4.64. The van der Waals surface area contributed by atoms with Crippen LogP contribution in [0.2, 0.25) is 0 Å². The molecule has 0 unspecified atom stereocenters. The molecule has 0 spiro atoms. The van der Waals surface area contributed by atoms with Gasteiger partial charge in [0, 0.05) is 11.1 Å². The minimum absolute atomic E-state index is 0.629. The van der Waals surface area contributed by atoms with Crippen molar-refractivity contribution in [3.8, 4) is 5.75 Å². The molecule has 1 rings (SSSR count). The van der Waals surface area contributed by atoms with Crippen molar-refractivity contribution in [2.24, 2.45) is 5.73 Å². The summed E-state index contributed by atoms with van der Waals surface area (Å²) in [5.41, 5.74) is 7.39. The van der Waals surface area contributed by atoms with E-state index in [9.17, 15) is 0 Å². The Labute approximate surface area is 95.9 Å². The third-order valence-electron chi connectivity index (χ3n) is 1.72. The van der Waals surface area contributed by atoms with Gasteiger partial charge in [-0.3, -0.25) is 0 Å². The summed E-state index contributed by atoms with van der Waals surface area (Å²) in [4.78, 5) is 0. The van der Waals surface area contributed by atoms with E-state index in [-0.39, 0.29) is 0 Å². The first-order valence-corrected chi connectivity index (χ1v) is 5.16. The molecule has 0 atom stereocenters. The fraction of sp³-hybridized carbons (Fsp3) is 0.167. The maximum absolute atomic E-state index is 5.58. The van der Waals surface area contributed by atoms with Crippen molar-refractivity contribution in [1.29, 1.82) is 0 Å². The van der Waals surface area contributed by atoms with E-state index in [1.165, 1.54) is 0 Å². The molecule has 3 heteroatoms. The van der Waals surface area contributed by atoms with Crippen LogP contribution in [0.25, 0.3) is 0 Å². The summed E-state index contributed by atoms with van der Waals surface area (Å²) >= 11 is 4.06. The van der Waals surface area contributed by atoms with Gasteiger partial charge in [-0.25, -0.2) is 0 Å². The Morgan fingerprint density at radius 2 is 2.20 bits per heavy atom. The molecule has 0 fully saturated rings. The second kappa shape index (κ2) is 5.51. The molecule has 0 heterocycles. The second-order valence-electron chi connectivity index (χ2n) is 3.34. The summed E-state index contributed by atoms with van der Waals surface area (Å²) in [6.07, 6.45) is 1.73. The van der Waals surface area contributed by atoms with Crippen LogP contribution >= 0.6 is 12.6 Å². The van der Waals surface area contributed by atoms with Crippen molar-refractivity contribution in [2.45, 2.75) is 13.8 Å². The minimum atomic E-state index is 0.629. The number of hydrogen-bond acceptors (Lipinski definition) is 3. The van der Waals surface area contributed by atoms with E-state index >= 15 is 0 Å². The maximum atomic E-state index is 5.58. The van der Waals surface area contributed by atoms with Crippen LogP contribution < -0.4 is 10.5 Å². The average molecular weight is 221 g/mol. The highest BCUT2D eigenvalue weighted by Crippen LogP contribution is 2.16. The fourth-order valence-corrected chi connectivity index (χ4v) is 1.26. The molecule has 1 aromatic carbocycles. The Balaban J connectivity index is 2.81. The van der Waals surface area contributed by atoms with E-state index in [4.69, 9.17) is 10.5 Å². The number of rotatable bonds is 3. The van der Waals surface area contributed by atoms with Gasteiger partial charge in [0.25, 0.3) is 0 Å². The molecule has 0 bridgehead atoms. The number of allylic oxidation sites excluding steroid dienone is 2. The van der Waals surface area contributed by atoms with Gasteiger partial charge >= 0.3 is 0 Å². The van der Waals surface area contributed by atoms with Crippen molar-refractivity contribution < 1.29 is 4.74 Å². The van der Waals surface area contributed by atoms with Crippen LogP contribution in [0.5, 0.6) is 5.75 Å². The standard InChI is InChI=1S/C12H15NOS/c1-9-4-3-5-11(6-9)14-12(8-15)7-10(2)13/h3-8,15H,13H2,1-2H3/b10-7-,12-8+. The van der Waals surface area contributed by atoms with Gasteiger partial charge in [0.05, 0.1) is 0 Å². The van der Waals surface area contributed by atoms with Crippen LogP contribution in [0.4, 0.5) is 0 Å². The highest BCUT2D eigenvalue weighted by molar-refractivity contribution is 7.83. The van der Waals surface area contributed by atoms with Crippen LogP contribution in [0.1, 0.15) is 12.5 Å². The van der Waals surface area contributed by atoms with Gasteiger partial charge in [-0.05, 0) is 37.6 Å². The van der Waals surface area contributed by atoms with E-state index in [1.54, 1.807) is 18.4 Å². The largest absolute Gasteiger partial charge is 0.457 e. The first-order chi connectivity index (χ1) is 7.11. The van der Waals surface area contributed by atoms with E-state index < -0.39 is 0 Å². The molecular weight excluding hydrogens is 206 g/mol. The molecule has 0 saturated heterocycles. The molecule has 0 radical (unpaired) electrons. The molecule has 0 aromatic heterocycles. The lowest BCUT2D eigenvalue weighted by Gasteiger charge is -2.06. The monoisotopic (exact) mass is 221 g/mol. The first kappa shape index (κ1) is 11.7. The molecule has 0 aliphatic carbocycles. The predicted octanol–water partition coefficient (Wildman–Crippen LogP) is 3.01. The summed E-state index contributed by atoms with van der Waals surface area (Å²) < 4.78 is 5.58. The highest BCUT2D eigenvalue weighted by Gasteiger charge is 1.97. The Morgan fingerprint density at radius 1 is 1.47 bits per heavy atom. The van der Waals surface area contributed by atoms with Crippen molar-refractivity contribution in [2.75, 3.05) is 0 Å². The van der Waals surface area contributed by atoms with E-state index in [1.807, 2.05) is 31.2 Å². The topological polar surface area (TPSA) is 35.2 Å². The van der Waals surface area contributed by atoms with E-state index in [0.717, 1.165) is 11.3 Å². The third kappa shape index (κ3) is 4.13. The number of thiol groups is 1. The highest BCUT2D eigenvalue weighted by atomic mass is 32.1. The van der Waals surface area contributed by atoms with Crippen LogP contribution in [-0.4, -0.2) is 0 Å². The zero-order valence-electron chi connectivity index (χ0n) is 8.90. The Bertz CT molecular complexity index is 392. The van der Waals surface area contributed by atoms with Crippen LogP contribution in [0.3, 0.4) is 0 Å². The zero-order valence-corrected chi connectivity index (χ0v) is 9.79. The molecule has 80 valence electrons. The quantitative estimate of drug-likeness (QED) is 0.467. The number of benzene rings is 1. The Morgan fingerprint density at radius 3 is 2.73 bits per heavy atom. The molecule has 1 aromatic rings. The lowest BCUT2D eigenvalue weighted by molar-refractivity contribution is 0.445. The normalized spacial score (nSPS) is 12.7. The van der Waals surface area contributed by atoms with Gasteiger partial charge in [0.15, 0.2) is 0 Å².